The summed E-state index contributed by atoms with van der Waals surface area (Å²) in [5.74, 6) is 0. The number of rotatable bonds is 1. The molecule has 80 valence electrons. The third kappa shape index (κ3) is 3.40. The van der Waals surface area contributed by atoms with Crippen LogP contribution in [0, 0.1) is 98.2 Å². The average molecular weight is 710 g/mol. The van der Waals surface area contributed by atoms with E-state index in [0.29, 0.717) is 23.1 Å². The number of hydrogen-bond donors (Lipinski definition) is 0. The van der Waals surface area contributed by atoms with Crippen molar-refractivity contribution in [3.63, 3.8) is 0 Å². The second kappa shape index (κ2) is 7.36. The van der Waals surface area contributed by atoms with Crippen molar-refractivity contribution < 1.29 is 93.0 Å². The topological polar surface area (TPSA) is 81.0 Å². The van der Waals surface area contributed by atoms with Gasteiger partial charge in [0.15, 0.2) is 0 Å². The Labute approximate surface area is 173 Å². The summed E-state index contributed by atoms with van der Waals surface area (Å²) in [6, 6.07) is 1.38. The van der Waals surface area contributed by atoms with E-state index in [0.717, 1.165) is 5.56 Å². The largest absolute Gasteiger partial charge is 0.693 e. The van der Waals surface area contributed by atoms with Gasteiger partial charge in [0.1, 0.15) is 0 Å². The monoisotopic (exact) mass is 709 g/mol. The molecule has 1 aromatic carbocycles. The van der Waals surface area contributed by atoms with Gasteiger partial charge in [-0.2, -0.15) is 0 Å². The molecule has 1 aliphatic heterocycles. The molecule has 0 saturated heterocycles. The predicted octanol–water partition coefficient (Wildman–Crippen LogP) is 3.43. The maximum Gasteiger partial charge on any atom is 0.255 e. The van der Waals surface area contributed by atoms with Gasteiger partial charge >= 0.3 is 0 Å². The third-order valence-corrected chi connectivity index (χ3v) is 2.92. The summed E-state index contributed by atoms with van der Waals surface area (Å²) in [5.41, 5.74) is 9.04. The zero-order valence-electron chi connectivity index (χ0n) is 8.24. The number of nitro benzene ring substituents is 1. The minimum Gasteiger partial charge on any atom is -0.693 e. The second-order valence-corrected chi connectivity index (χ2v) is 3.86. The normalized spacial score (nSPS) is 12.3. The SMILES string of the molecule is [Ac].[Ac].[NH-]c1c([N+](=O)[O-])cc(Br)c2c1C[N-]C2. The van der Waals surface area contributed by atoms with E-state index >= 15 is 0 Å². The Balaban J connectivity index is 0.00000112. The quantitative estimate of drug-likeness (QED) is 0.331. The van der Waals surface area contributed by atoms with E-state index in [1.165, 1.54) is 6.07 Å². The minimum absolute atomic E-state index is 0. The number of nitrogens with zero attached hydrogens (tertiary/aromatic N) is 2. The molecule has 1 aromatic rings. The molecule has 5 nitrogen and oxygen atoms in total. The molecule has 0 atom stereocenters. The summed E-state index contributed by atoms with van der Waals surface area (Å²) in [7, 11) is 0. The van der Waals surface area contributed by atoms with E-state index in [-0.39, 0.29) is 99.5 Å². The van der Waals surface area contributed by atoms with Crippen molar-refractivity contribution in [2.24, 2.45) is 0 Å². The molecule has 0 aromatic heterocycles. The van der Waals surface area contributed by atoms with Crippen molar-refractivity contribution in [1.82, 2.24) is 0 Å². The molecule has 0 fully saturated rings. The second-order valence-electron chi connectivity index (χ2n) is 3.01. The summed E-state index contributed by atoms with van der Waals surface area (Å²) in [4.78, 5) is 10.1. The van der Waals surface area contributed by atoms with Gasteiger partial charge in [0.05, 0.1) is 4.92 Å². The van der Waals surface area contributed by atoms with Crippen LogP contribution in [0.15, 0.2) is 10.5 Å². The first kappa shape index (κ1) is 17.7. The fourth-order valence-corrected chi connectivity index (χ4v) is 2.08. The summed E-state index contributed by atoms with van der Waals surface area (Å²) in [6.07, 6.45) is 0. The maximum atomic E-state index is 10.6. The number of benzene rings is 1. The summed E-state index contributed by atoms with van der Waals surface area (Å²) in [6.45, 7) is 0.953. The Hall–Kier alpha value is 1.74. The van der Waals surface area contributed by atoms with E-state index in [9.17, 15) is 10.1 Å². The zero-order valence-corrected chi connectivity index (χ0v) is 19.3. The average Bonchev–Trinajstić information content (AvgIpc) is 2.59. The van der Waals surface area contributed by atoms with Gasteiger partial charge in [-0.3, -0.25) is 10.1 Å². The van der Waals surface area contributed by atoms with Gasteiger partial charge in [-0.25, -0.2) is 0 Å². The van der Waals surface area contributed by atoms with E-state index in [4.69, 9.17) is 5.73 Å². The molecular formula is C8H6Ac2BrN3O2-2. The first-order valence-electron chi connectivity index (χ1n) is 3.94. The van der Waals surface area contributed by atoms with Crippen LogP contribution in [0.25, 0.3) is 11.1 Å². The minimum atomic E-state index is -0.536. The molecule has 0 aliphatic carbocycles. The van der Waals surface area contributed by atoms with E-state index in [2.05, 4.69) is 21.2 Å². The summed E-state index contributed by atoms with van der Waals surface area (Å²) < 4.78 is 0.677. The molecule has 1 N–H and O–H groups in total. The predicted molar refractivity (Wildman–Crippen MR) is 55.5 cm³/mol. The molecule has 8 heteroatoms. The Morgan fingerprint density at radius 2 is 1.94 bits per heavy atom. The number of hydrogen-bond acceptors (Lipinski definition) is 2. The van der Waals surface area contributed by atoms with E-state index < -0.39 is 4.92 Å². The zero-order chi connectivity index (χ0) is 10.3. The molecule has 1 heterocycles. The van der Waals surface area contributed by atoms with Crippen LogP contribution >= 0.6 is 15.9 Å². The van der Waals surface area contributed by atoms with Crippen LogP contribution < -0.4 is 0 Å². The molecule has 0 amide bonds. The van der Waals surface area contributed by atoms with Gasteiger partial charge in [-0.1, -0.05) is 32.7 Å². The fourth-order valence-electron chi connectivity index (χ4n) is 1.50. The van der Waals surface area contributed by atoms with Crippen LogP contribution in [0.5, 0.6) is 0 Å². The number of halogens is 1. The van der Waals surface area contributed by atoms with Crippen LogP contribution in [-0.2, 0) is 13.1 Å². The number of nitrogens with one attached hydrogen (secondary N) is 1. The molecule has 0 bridgehead atoms. The molecule has 2 radical (unpaired) electrons. The molecule has 1 aliphatic rings. The molecule has 0 spiro atoms. The molecule has 16 heavy (non-hydrogen) atoms. The van der Waals surface area contributed by atoms with Gasteiger partial charge in [0, 0.05) is 98.7 Å². The Bertz CT molecular complexity index is 428. The molecule has 0 saturated carbocycles. The maximum absolute atomic E-state index is 10.6. The van der Waals surface area contributed by atoms with Crippen molar-refractivity contribution in [3.8, 4) is 0 Å². The Kier molecular flexibility index (Phi) is 8.16. The first-order valence-corrected chi connectivity index (χ1v) is 4.74. The van der Waals surface area contributed by atoms with Crippen molar-refractivity contribution in [1.29, 1.82) is 0 Å². The van der Waals surface area contributed by atoms with Crippen LogP contribution in [0.3, 0.4) is 0 Å². The van der Waals surface area contributed by atoms with Crippen molar-refractivity contribution in [2.75, 3.05) is 0 Å². The van der Waals surface area contributed by atoms with Crippen LogP contribution in [-0.4, -0.2) is 4.92 Å². The van der Waals surface area contributed by atoms with Gasteiger partial charge in [0.25, 0.3) is 5.69 Å². The third-order valence-electron chi connectivity index (χ3n) is 2.21. The Morgan fingerprint density at radius 3 is 2.50 bits per heavy atom. The number of fused-ring (bicyclic) bond motifs is 1. The molecular weight excluding hydrogens is 704 g/mol. The van der Waals surface area contributed by atoms with Gasteiger partial charge in [0.2, 0.25) is 0 Å². The Morgan fingerprint density at radius 1 is 1.38 bits per heavy atom. The van der Waals surface area contributed by atoms with Crippen LogP contribution in [0.1, 0.15) is 11.1 Å². The molecule has 2 rings (SSSR count). The van der Waals surface area contributed by atoms with Crippen LogP contribution in [0.2, 0.25) is 0 Å². The standard InChI is InChI=1S/C8H6BrN3O2.2Ac/c9-6-1-7(12(13)14)8(10)5-3-11-2-4(5)6;;/h1,10H,2-3H2;;/q-2;;. The summed E-state index contributed by atoms with van der Waals surface area (Å²) in [5, 5.41) is 14.7. The van der Waals surface area contributed by atoms with Gasteiger partial charge < -0.3 is 11.1 Å². The van der Waals surface area contributed by atoms with Crippen LogP contribution in [0.4, 0.5) is 11.4 Å². The van der Waals surface area contributed by atoms with E-state index in [1.807, 2.05) is 0 Å². The van der Waals surface area contributed by atoms with Crippen molar-refractivity contribution in [3.05, 3.63) is 42.8 Å². The molecule has 0 unspecified atom stereocenters. The van der Waals surface area contributed by atoms with E-state index in [1.54, 1.807) is 0 Å². The van der Waals surface area contributed by atoms with Gasteiger partial charge in [-0.05, 0) is 0 Å². The fraction of sp³-hybridized carbons (Fsp3) is 0.250. The van der Waals surface area contributed by atoms with Gasteiger partial charge in [-0.15, -0.1) is 13.1 Å². The van der Waals surface area contributed by atoms with Crippen molar-refractivity contribution >= 4 is 27.3 Å². The smallest absolute Gasteiger partial charge is 0.255 e. The number of nitro groups is 1. The van der Waals surface area contributed by atoms with Crippen molar-refractivity contribution in [2.45, 2.75) is 13.1 Å². The first-order chi connectivity index (χ1) is 6.61. The summed E-state index contributed by atoms with van der Waals surface area (Å²) >= 11 is 3.25.